The maximum atomic E-state index is 10.9. The van der Waals surface area contributed by atoms with Gasteiger partial charge in [0.2, 0.25) is 0 Å². The quantitative estimate of drug-likeness (QED) is 0.686. The molecule has 0 saturated heterocycles. The summed E-state index contributed by atoms with van der Waals surface area (Å²) in [6.07, 6.45) is 1.86. The van der Waals surface area contributed by atoms with E-state index in [0.29, 0.717) is 5.69 Å². The number of fused-ring (bicyclic) bond motifs is 1. The SMILES string of the molecule is CC(C)(C)n1nc(C=O)c2c1CSCC2. The molecule has 0 aromatic carbocycles. The number of nitrogens with zero attached hydrogens (tertiary/aromatic N) is 2. The van der Waals surface area contributed by atoms with Crippen molar-refractivity contribution < 1.29 is 4.79 Å². The van der Waals surface area contributed by atoms with E-state index in [-0.39, 0.29) is 5.54 Å². The van der Waals surface area contributed by atoms with E-state index in [4.69, 9.17) is 0 Å². The van der Waals surface area contributed by atoms with Crippen molar-refractivity contribution in [3.8, 4) is 0 Å². The van der Waals surface area contributed by atoms with E-state index in [0.717, 1.165) is 24.2 Å². The van der Waals surface area contributed by atoms with Crippen molar-refractivity contribution in [1.29, 1.82) is 0 Å². The molecule has 2 rings (SSSR count). The minimum absolute atomic E-state index is 0.0384. The van der Waals surface area contributed by atoms with Gasteiger partial charge in [0.15, 0.2) is 6.29 Å². The monoisotopic (exact) mass is 224 g/mol. The van der Waals surface area contributed by atoms with Crippen molar-refractivity contribution in [2.45, 2.75) is 38.5 Å². The van der Waals surface area contributed by atoms with Crippen LogP contribution in [0.3, 0.4) is 0 Å². The largest absolute Gasteiger partial charge is 0.296 e. The first-order chi connectivity index (χ1) is 7.04. The van der Waals surface area contributed by atoms with Gasteiger partial charge in [0.1, 0.15) is 5.69 Å². The van der Waals surface area contributed by atoms with E-state index in [1.165, 1.54) is 11.3 Å². The lowest BCUT2D eigenvalue weighted by molar-refractivity contribution is 0.111. The average molecular weight is 224 g/mol. The van der Waals surface area contributed by atoms with Gasteiger partial charge in [-0.15, -0.1) is 0 Å². The van der Waals surface area contributed by atoms with E-state index in [1.807, 2.05) is 16.4 Å². The van der Waals surface area contributed by atoms with Crippen molar-refractivity contribution >= 4 is 18.0 Å². The van der Waals surface area contributed by atoms with Crippen LogP contribution in [0.25, 0.3) is 0 Å². The van der Waals surface area contributed by atoms with Gasteiger partial charge in [-0.1, -0.05) is 0 Å². The Kier molecular flexibility index (Phi) is 2.63. The molecule has 0 spiro atoms. The molecule has 0 atom stereocenters. The van der Waals surface area contributed by atoms with Gasteiger partial charge < -0.3 is 0 Å². The smallest absolute Gasteiger partial charge is 0.170 e. The van der Waals surface area contributed by atoms with Crippen molar-refractivity contribution in [3.05, 3.63) is 17.0 Å². The normalized spacial score (nSPS) is 16.2. The van der Waals surface area contributed by atoms with Gasteiger partial charge >= 0.3 is 0 Å². The number of thioether (sulfide) groups is 1. The van der Waals surface area contributed by atoms with Crippen LogP contribution in [0.4, 0.5) is 0 Å². The Morgan fingerprint density at radius 1 is 1.47 bits per heavy atom. The number of carbonyl (C=O) groups excluding carboxylic acids is 1. The second-order valence-electron chi connectivity index (χ2n) is 4.81. The number of rotatable bonds is 1. The van der Waals surface area contributed by atoms with Crippen LogP contribution >= 0.6 is 11.8 Å². The minimum Gasteiger partial charge on any atom is -0.296 e. The van der Waals surface area contributed by atoms with Crippen molar-refractivity contribution in [3.63, 3.8) is 0 Å². The molecule has 2 heterocycles. The predicted octanol–water partition coefficient (Wildman–Crippen LogP) is 2.24. The zero-order valence-corrected chi connectivity index (χ0v) is 10.2. The summed E-state index contributed by atoms with van der Waals surface area (Å²) in [6, 6.07) is 0. The molecule has 0 saturated carbocycles. The summed E-state index contributed by atoms with van der Waals surface area (Å²) in [4.78, 5) is 10.9. The van der Waals surface area contributed by atoms with E-state index in [2.05, 4.69) is 25.9 Å². The van der Waals surface area contributed by atoms with Crippen LogP contribution in [-0.4, -0.2) is 21.8 Å². The van der Waals surface area contributed by atoms with Crippen LogP contribution in [0.2, 0.25) is 0 Å². The molecule has 0 bridgehead atoms. The van der Waals surface area contributed by atoms with Gasteiger partial charge in [-0.05, 0) is 32.9 Å². The van der Waals surface area contributed by atoms with Crippen molar-refractivity contribution in [2.75, 3.05) is 5.75 Å². The fourth-order valence-electron chi connectivity index (χ4n) is 1.92. The molecule has 0 radical (unpaired) electrons. The molecule has 4 heteroatoms. The first kappa shape index (κ1) is 10.7. The number of carbonyl (C=O) groups is 1. The van der Waals surface area contributed by atoms with E-state index in [9.17, 15) is 4.79 Å². The lowest BCUT2D eigenvalue weighted by Crippen LogP contribution is -2.26. The van der Waals surface area contributed by atoms with Crippen molar-refractivity contribution in [1.82, 2.24) is 9.78 Å². The van der Waals surface area contributed by atoms with Gasteiger partial charge in [0, 0.05) is 11.3 Å². The van der Waals surface area contributed by atoms with Crippen LogP contribution in [-0.2, 0) is 17.7 Å². The fraction of sp³-hybridized carbons (Fsp3) is 0.636. The van der Waals surface area contributed by atoms with Crippen molar-refractivity contribution in [2.24, 2.45) is 0 Å². The Bertz CT molecular complexity index is 390. The van der Waals surface area contributed by atoms with Crippen LogP contribution in [0, 0.1) is 0 Å². The van der Waals surface area contributed by atoms with Gasteiger partial charge in [0.25, 0.3) is 0 Å². The molecular weight excluding hydrogens is 208 g/mol. The van der Waals surface area contributed by atoms with E-state index in [1.54, 1.807) is 0 Å². The second-order valence-corrected chi connectivity index (χ2v) is 5.92. The van der Waals surface area contributed by atoms with E-state index >= 15 is 0 Å². The molecule has 0 aliphatic carbocycles. The lowest BCUT2D eigenvalue weighted by atomic mass is 10.1. The summed E-state index contributed by atoms with van der Waals surface area (Å²) in [7, 11) is 0. The number of hydrogen-bond acceptors (Lipinski definition) is 3. The topological polar surface area (TPSA) is 34.9 Å². The molecule has 1 aromatic rings. The zero-order chi connectivity index (χ0) is 11.1. The second kappa shape index (κ2) is 3.67. The van der Waals surface area contributed by atoms with Gasteiger partial charge in [-0.2, -0.15) is 16.9 Å². The summed E-state index contributed by atoms with van der Waals surface area (Å²) >= 11 is 1.91. The van der Waals surface area contributed by atoms with Gasteiger partial charge in [-0.3, -0.25) is 9.48 Å². The van der Waals surface area contributed by atoms with Gasteiger partial charge in [0.05, 0.1) is 11.2 Å². The summed E-state index contributed by atoms with van der Waals surface area (Å²) in [6.45, 7) is 6.36. The molecule has 0 unspecified atom stereocenters. The highest BCUT2D eigenvalue weighted by Gasteiger charge is 2.26. The molecule has 15 heavy (non-hydrogen) atoms. The zero-order valence-electron chi connectivity index (χ0n) is 9.41. The van der Waals surface area contributed by atoms with Crippen LogP contribution in [0.5, 0.6) is 0 Å². The third-order valence-electron chi connectivity index (χ3n) is 2.60. The molecule has 1 aromatic heterocycles. The molecule has 0 amide bonds. The Hall–Kier alpha value is -0.770. The maximum absolute atomic E-state index is 10.9. The first-order valence-corrected chi connectivity index (χ1v) is 6.33. The number of aromatic nitrogens is 2. The predicted molar refractivity (Wildman–Crippen MR) is 62.5 cm³/mol. The highest BCUT2D eigenvalue weighted by atomic mass is 32.2. The first-order valence-electron chi connectivity index (χ1n) is 5.18. The highest BCUT2D eigenvalue weighted by Crippen LogP contribution is 2.30. The Morgan fingerprint density at radius 2 is 2.20 bits per heavy atom. The van der Waals surface area contributed by atoms with Crippen LogP contribution in [0.15, 0.2) is 0 Å². The van der Waals surface area contributed by atoms with Crippen LogP contribution in [0.1, 0.15) is 42.5 Å². The summed E-state index contributed by atoms with van der Waals surface area (Å²) in [5, 5.41) is 4.42. The Balaban J connectivity index is 2.57. The third-order valence-corrected chi connectivity index (χ3v) is 3.57. The summed E-state index contributed by atoms with van der Waals surface area (Å²) in [5.74, 6) is 2.08. The summed E-state index contributed by atoms with van der Waals surface area (Å²) < 4.78 is 2.01. The lowest BCUT2D eigenvalue weighted by Gasteiger charge is -2.24. The number of aldehydes is 1. The molecule has 1 aliphatic heterocycles. The number of hydrogen-bond donors (Lipinski definition) is 0. The molecule has 82 valence electrons. The third kappa shape index (κ3) is 1.83. The molecule has 1 aliphatic rings. The Labute approximate surface area is 94.2 Å². The fourth-order valence-corrected chi connectivity index (χ4v) is 2.90. The average Bonchev–Trinajstić information content (AvgIpc) is 2.55. The van der Waals surface area contributed by atoms with Gasteiger partial charge in [-0.25, -0.2) is 0 Å². The molecule has 3 nitrogen and oxygen atoms in total. The minimum atomic E-state index is -0.0384. The standard InChI is InChI=1S/C11H16N2OS/c1-11(2,3)13-10-7-15-5-4-8(10)9(6-14)12-13/h6H,4-5,7H2,1-3H3. The van der Waals surface area contributed by atoms with E-state index < -0.39 is 0 Å². The highest BCUT2D eigenvalue weighted by molar-refractivity contribution is 7.98. The molecule has 0 N–H and O–H groups in total. The summed E-state index contributed by atoms with van der Waals surface area (Å²) in [5.41, 5.74) is 3.00. The molecular formula is C11H16N2OS. The Morgan fingerprint density at radius 3 is 2.80 bits per heavy atom. The maximum Gasteiger partial charge on any atom is 0.170 e. The van der Waals surface area contributed by atoms with Crippen LogP contribution < -0.4 is 0 Å². The molecule has 0 fully saturated rings.